The number of rotatable bonds is 4. The maximum atomic E-state index is 13.4. The smallest absolute Gasteiger partial charge is 0.169 e. The van der Waals surface area contributed by atoms with Crippen molar-refractivity contribution >= 4 is 23.3 Å². The van der Waals surface area contributed by atoms with Gasteiger partial charge in [0.2, 0.25) is 0 Å². The number of nitrogens with two attached hydrogens (primary N) is 1. The first-order chi connectivity index (χ1) is 14.9. The van der Waals surface area contributed by atoms with Crippen LogP contribution >= 0.6 is 11.3 Å². The number of anilines is 1. The third kappa shape index (κ3) is 5.95. The number of benzene rings is 1. The van der Waals surface area contributed by atoms with Crippen LogP contribution in [0, 0.1) is 18.7 Å². The Morgan fingerprint density at radius 2 is 2.06 bits per heavy atom. The van der Waals surface area contributed by atoms with Crippen molar-refractivity contribution in [3.8, 4) is 10.6 Å². The number of aryl methyl sites for hydroxylation is 1. The molecule has 1 saturated carbocycles. The number of hydrogen-bond acceptors (Lipinski definition) is 6. The molecule has 4 rings (SSSR count). The number of pyridine rings is 1. The van der Waals surface area contributed by atoms with E-state index in [2.05, 4.69) is 28.3 Å². The SMILES string of the molecule is CNc1cnccc1C1CC(C)CC(N)C1.Cc1ccc(F)c(-c2nc(C=O)cs2)c1. The van der Waals surface area contributed by atoms with Gasteiger partial charge in [0.05, 0.1) is 11.9 Å². The van der Waals surface area contributed by atoms with Crippen molar-refractivity contribution in [3.63, 3.8) is 0 Å². The second-order valence-corrected chi connectivity index (χ2v) is 9.02. The Hall–Kier alpha value is -2.64. The third-order valence-corrected chi connectivity index (χ3v) is 6.43. The highest BCUT2D eigenvalue weighted by atomic mass is 32.1. The Balaban J connectivity index is 0.000000176. The van der Waals surface area contributed by atoms with Gasteiger partial charge in [-0.3, -0.25) is 9.78 Å². The Kier molecular flexibility index (Phi) is 7.87. The van der Waals surface area contributed by atoms with Gasteiger partial charge in [-0.25, -0.2) is 9.37 Å². The molecule has 1 aromatic carbocycles. The van der Waals surface area contributed by atoms with E-state index in [1.807, 2.05) is 26.4 Å². The Bertz CT molecular complexity index is 1010. The van der Waals surface area contributed by atoms with E-state index in [4.69, 9.17) is 5.73 Å². The van der Waals surface area contributed by atoms with Gasteiger partial charge in [-0.15, -0.1) is 11.3 Å². The lowest BCUT2D eigenvalue weighted by molar-refractivity contribution is 0.111. The van der Waals surface area contributed by atoms with E-state index in [0.717, 1.165) is 30.0 Å². The molecule has 31 heavy (non-hydrogen) atoms. The fourth-order valence-electron chi connectivity index (χ4n) is 4.15. The van der Waals surface area contributed by atoms with E-state index in [0.29, 0.717) is 34.5 Å². The monoisotopic (exact) mass is 440 g/mol. The summed E-state index contributed by atoms with van der Waals surface area (Å²) in [6.07, 6.45) is 7.95. The van der Waals surface area contributed by atoms with Gasteiger partial charge in [0.15, 0.2) is 6.29 Å². The molecule has 0 aliphatic heterocycles. The van der Waals surface area contributed by atoms with E-state index >= 15 is 0 Å². The van der Waals surface area contributed by atoms with Gasteiger partial charge in [-0.05, 0) is 61.8 Å². The molecule has 2 heterocycles. The first-order valence-corrected chi connectivity index (χ1v) is 11.3. The Labute approximate surface area is 186 Å². The molecule has 3 atom stereocenters. The predicted molar refractivity (Wildman–Crippen MR) is 125 cm³/mol. The molecule has 0 spiro atoms. The molecule has 0 radical (unpaired) electrons. The minimum atomic E-state index is -0.313. The van der Waals surface area contributed by atoms with E-state index in [1.165, 1.54) is 29.4 Å². The van der Waals surface area contributed by atoms with Gasteiger partial charge in [0, 0.05) is 30.2 Å². The number of nitrogens with zero attached hydrogens (tertiary/aromatic N) is 2. The fourth-order valence-corrected chi connectivity index (χ4v) is 4.93. The number of hydrogen-bond donors (Lipinski definition) is 2. The molecule has 2 aromatic heterocycles. The highest BCUT2D eigenvalue weighted by Gasteiger charge is 2.26. The van der Waals surface area contributed by atoms with Crippen LogP contribution in [-0.4, -0.2) is 29.3 Å². The van der Waals surface area contributed by atoms with Crippen molar-refractivity contribution in [1.82, 2.24) is 9.97 Å². The van der Waals surface area contributed by atoms with Gasteiger partial charge >= 0.3 is 0 Å². The summed E-state index contributed by atoms with van der Waals surface area (Å²) < 4.78 is 13.4. The summed E-state index contributed by atoms with van der Waals surface area (Å²) >= 11 is 1.27. The van der Waals surface area contributed by atoms with Crippen molar-refractivity contribution in [2.45, 2.75) is 45.1 Å². The molecule has 1 fully saturated rings. The first kappa shape index (κ1) is 23.0. The fraction of sp³-hybridized carbons (Fsp3) is 0.375. The van der Waals surface area contributed by atoms with Crippen LogP contribution in [-0.2, 0) is 0 Å². The molecule has 0 amide bonds. The number of thiazole rings is 1. The quantitative estimate of drug-likeness (QED) is 0.529. The number of carbonyl (C=O) groups excluding carboxylic acids is 1. The van der Waals surface area contributed by atoms with Crippen LogP contribution in [0.3, 0.4) is 0 Å². The highest BCUT2D eigenvalue weighted by Crippen LogP contribution is 2.38. The third-order valence-electron chi connectivity index (χ3n) is 5.54. The van der Waals surface area contributed by atoms with Crippen LogP contribution in [0.5, 0.6) is 0 Å². The van der Waals surface area contributed by atoms with Gasteiger partial charge in [0.1, 0.15) is 16.5 Å². The molecule has 7 heteroatoms. The van der Waals surface area contributed by atoms with Crippen LogP contribution in [0.25, 0.3) is 10.6 Å². The molecule has 1 aliphatic rings. The molecule has 0 bridgehead atoms. The lowest BCUT2D eigenvalue weighted by atomic mass is 9.76. The molecule has 5 nitrogen and oxygen atoms in total. The van der Waals surface area contributed by atoms with Crippen molar-refractivity contribution in [2.24, 2.45) is 11.7 Å². The maximum absolute atomic E-state index is 13.4. The van der Waals surface area contributed by atoms with Crippen LogP contribution in [0.2, 0.25) is 0 Å². The Morgan fingerprint density at radius 3 is 2.74 bits per heavy atom. The maximum Gasteiger partial charge on any atom is 0.169 e. The summed E-state index contributed by atoms with van der Waals surface area (Å²) in [7, 11) is 1.95. The normalized spacial score (nSPS) is 20.5. The van der Waals surface area contributed by atoms with Crippen LogP contribution in [0.4, 0.5) is 10.1 Å². The highest BCUT2D eigenvalue weighted by molar-refractivity contribution is 7.13. The minimum Gasteiger partial charge on any atom is -0.387 e. The van der Waals surface area contributed by atoms with Crippen LogP contribution in [0.15, 0.2) is 42.0 Å². The Morgan fingerprint density at radius 1 is 1.26 bits per heavy atom. The van der Waals surface area contributed by atoms with Crippen LogP contribution in [0.1, 0.15) is 53.7 Å². The largest absolute Gasteiger partial charge is 0.387 e. The summed E-state index contributed by atoms with van der Waals surface area (Å²) in [4.78, 5) is 18.6. The zero-order valence-corrected chi connectivity index (χ0v) is 19.0. The summed E-state index contributed by atoms with van der Waals surface area (Å²) in [6, 6.07) is 7.32. The molecule has 164 valence electrons. The van der Waals surface area contributed by atoms with Crippen molar-refractivity contribution < 1.29 is 9.18 Å². The number of carbonyl (C=O) groups is 1. The standard InChI is InChI=1S/C13H21N3.C11H8FNOS/c1-9-5-10(7-11(14)6-9)12-3-4-16-8-13(12)15-2;1-7-2-3-10(12)9(4-7)11-13-8(5-14)6-15-11/h3-4,8-11,15H,5-7,14H2,1-2H3;2-6H,1H3. The molecule has 3 unspecified atom stereocenters. The van der Waals surface area contributed by atoms with Crippen LogP contribution < -0.4 is 11.1 Å². The molecule has 0 saturated heterocycles. The summed E-state index contributed by atoms with van der Waals surface area (Å²) in [5.41, 5.74) is 10.4. The van der Waals surface area contributed by atoms with Crippen molar-refractivity contribution in [3.05, 3.63) is 64.7 Å². The number of aromatic nitrogens is 2. The van der Waals surface area contributed by atoms with E-state index in [-0.39, 0.29) is 5.82 Å². The summed E-state index contributed by atoms with van der Waals surface area (Å²) in [5.74, 6) is 1.00. The average Bonchev–Trinajstić information content (AvgIpc) is 3.24. The van der Waals surface area contributed by atoms with Gasteiger partial charge in [-0.2, -0.15) is 0 Å². The molecule has 3 aromatic rings. The summed E-state index contributed by atoms with van der Waals surface area (Å²) in [5, 5.41) is 5.37. The molecule has 1 aliphatic carbocycles. The lowest BCUT2D eigenvalue weighted by Gasteiger charge is -2.32. The number of halogens is 1. The van der Waals surface area contributed by atoms with Gasteiger partial charge in [0.25, 0.3) is 0 Å². The molecular weight excluding hydrogens is 411 g/mol. The minimum absolute atomic E-state index is 0.313. The average molecular weight is 441 g/mol. The lowest BCUT2D eigenvalue weighted by Crippen LogP contribution is -2.31. The molecular formula is C24H29FN4OS. The number of aldehydes is 1. The second-order valence-electron chi connectivity index (χ2n) is 8.16. The zero-order valence-electron chi connectivity index (χ0n) is 18.1. The molecule has 3 N–H and O–H groups in total. The first-order valence-electron chi connectivity index (χ1n) is 10.5. The predicted octanol–water partition coefficient (Wildman–Crippen LogP) is 5.42. The number of nitrogens with one attached hydrogen (secondary N) is 1. The van der Waals surface area contributed by atoms with Crippen molar-refractivity contribution in [2.75, 3.05) is 12.4 Å². The van der Waals surface area contributed by atoms with E-state index in [9.17, 15) is 9.18 Å². The topological polar surface area (TPSA) is 80.9 Å². The summed E-state index contributed by atoms with van der Waals surface area (Å²) in [6.45, 7) is 4.18. The van der Waals surface area contributed by atoms with Crippen molar-refractivity contribution in [1.29, 1.82) is 0 Å². The van der Waals surface area contributed by atoms with E-state index in [1.54, 1.807) is 17.5 Å². The van der Waals surface area contributed by atoms with Gasteiger partial charge in [-0.1, -0.05) is 18.6 Å². The van der Waals surface area contributed by atoms with E-state index < -0.39 is 0 Å². The van der Waals surface area contributed by atoms with Gasteiger partial charge < -0.3 is 11.1 Å². The second kappa shape index (κ2) is 10.6. The zero-order chi connectivity index (χ0) is 22.4.